The summed E-state index contributed by atoms with van der Waals surface area (Å²) in [4.78, 5) is 11.8. The summed E-state index contributed by atoms with van der Waals surface area (Å²) >= 11 is 0. The lowest BCUT2D eigenvalue weighted by Crippen LogP contribution is -2.24. The molecule has 0 aromatic heterocycles. The molecule has 14 heavy (non-hydrogen) atoms. The lowest BCUT2D eigenvalue weighted by atomic mass is 10.3. The van der Waals surface area contributed by atoms with Crippen molar-refractivity contribution in [1.29, 1.82) is 5.26 Å². The van der Waals surface area contributed by atoms with Crippen LogP contribution in [0.3, 0.4) is 0 Å². The third-order valence-corrected chi connectivity index (χ3v) is 1.69. The first-order valence-electron chi connectivity index (χ1n) is 3.69. The fourth-order valence-corrected chi connectivity index (χ4v) is 0.886. The zero-order valence-corrected chi connectivity index (χ0v) is 7.29. The average molecular weight is 196 g/mol. The molecule has 0 aliphatic carbocycles. The van der Waals surface area contributed by atoms with Gasteiger partial charge >= 0.3 is 5.91 Å². The lowest BCUT2D eigenvalue weighted by molar-refractivity contribution is -0.113. The Balaban J connectivity index is 3.04. The van der Waals surface area contributed by atoms with Gasteiger partial charge in [0, 0.05) is 18.8 Å². The number of nitrogens with zero attached hydrogens (tertiary/aromatic N) is 2. The van der Waals surface area contributed by atoms with Crippen molar-refractivity contribution in [2.24, 2.45) is 0 Å². The van der Waals surface area contributed by atoms with Crippen molar-refractivity contribution in [2.75, 3.05) is 11.9 Å². The minimum atomic E-state index is -1.06. The summed E-state index contributed by atoms with van der Waals surface area (Å²) in [6.07, 6.45) is 0. The van der Waals surface area contributed by atoms with Crippen molar-refractivity contribution in [1.82, 2.24) is 0 Å². The van der Waals surface area contributed by atoms with E-state index in [1.165, 1.54) is 19.2 Å². The number of hydrogen-bond donors (Lipinski definition) is 0. The summed E-state index contributed by atoms with van der Waals surface area (Å²) in [5.74, 6) is -2.89. The van der Waals surface area contributed by atoms with Gasteiger partial charge in [-0.05, 0) is 12.1 Å². The van der Waals surface area contributed by atoms with Crippen LogP contribution in [0.25, 0.3) is 0 Å². The topological polar surface area (TPSA) is 44.1 Å². The van der Waals surface area contributed by atoms with Crippen LogP contribution in [0.1, 0.15) is 0 Å². The number of hydrogen-bond acceptors (Lipinski definition) is 2. The fourth-order valence-electron chi connectivity index (χ4n) is 0.886. The third-order valence-electron chi connectivity index (χ3n) is 1.69. The molecule has 1 aromatic carbocycles. The molecule has 0 bridgehead atoms. The molecule has 0 spiro atoms. The average Bonchev–Trinajstić information content (AvgIpc) is 2.20. The molecule has 1 amide bonds. The molecule has 0 aliphatic rings. The Labute approximate surface area is 79.2 Å². The number of rotatable bonds is 1. The van der Waals surface area contributed by atoms with Crippen LogP contribution in [-0.4, -0.2) is 13.0 Å². The van der Waals surface area contributed by atoms with Gasteiger partial charge in [0.25, 0.3) is 0 Å². The Kier molecular flexibility index (Phi) is 2.77. The van der Waals surface area contributed by atoms with E-state index in [4.69, 9.17) is 5.26 Å². The van der Waals surface area contributed by atoms with Crippen LogP contribution in [0.15, 0.2) is 18.2 Å². The normalized spacial score (nSPS) is 9.29. The molecule has 0 heterocycles. The highest BCUT2D eigenvalue weighted by Gasteiger charge is 2.11. The van der Waals surface area contributed by atoms with E-state index in [0.717, 1.165) is 17.0 Å². The van der Waals surface area contributed by atoms with Crippen LogP contribution < -0.4 is 4.90 Å². The van der Waals surface area contributed by atoms with E-state index in [1.807, 2.05) is 0 Å². The summed E-state index contributed by atoms with van der Waals surface area (Å²) in [5, 5.41) is 8.28. The maximum atomic E-state index is 12.7. The Morgan fingerprint density at radius 2 is 2.07 bits per heavy atom. The molecule has 0 aliphatic heterocycles. The highest BCUT2D eigenvalue weighted by molar-refractivity contribution is 6.03. The number of carbonyl (C=O) groups is 1. The van der Waals surface area contributed by atoms with Crippen molar-refractivity contribution < 1.29 is 13.6 Å². The van der Waals surface area contributed by atoms with Crippen molar-refractivity contribution >= 4 is 11.6 Å². The standard InChI is InChI=1S/C9H6F2N2O/c1-13(9(14)5-12)6-2-3-7(10)8(11)4-6/h2-4H,1H3. The minimum absolute atomic E-state index is 0.135. The van der Waals surface area contributed by atoms with E-state index in [1.54, 1.807) is 0 Å². The molecule has 0 saturated carbocycles. The van der Waals surface area contributed by atoms with Gasteiger partial charge in [-0.2, -0.15) is 5.26 Å². The third kappa shape index (κ3) is 1.85. The van der Waals surface area contributed by atoms with Crippen molar-refractivity contribution in [3.8, 4) is 6.07 Å². The fraction of sp³-hybridized carbons (Fsp3) is 0.111. The smallest absolute Gasteiger partial charge is 0.303 e. The number of anilines is 1. The van der Waals surface area contributed by atoms with E-state index in [0.29, 0.717) is 0 Å². The molecule has 3 nitrogen and oxygen atoms in total. The molecule has 0 unspecified atom stereocenters. The monoisotopic (exact) mass is 196 g/mol. The van der Waals surface area contributed by atoms with E-state index in [2.05, 4.69) is 0 Å². The molecule has 1 aromatic rings. The number of amides is 1. The number of benzene rings is 1. The Morgan fingerprint density at radius 3 is 2.57 bits per heavy atom. The van der Waals surface area contributed by atoms with Crippen LogP contribution >= 0.6 is 0 Å². The van der Waals surface area contributed by atoms with Crippen LogP contribution in [0.5, 0.6) is 0 Å². The van der Waals surface area contributed by atoms with Crippen molar-refractivity contribution in [3.63, 3.8) is 0 Å². The van der Waals surface area contributed by atoms with E-state index < -0.39 is 17.5 Å². The van der Waals surface area contributed by atoms with Gasteiger partial charge in [-0.1, -0.05) is 0 Å². The summed E-state index contributed by atoms with van der Waals surface area (Å²) in [6.45, 7) is 0. The number of halogens is 2. The Bertz CT molecular complexity index is 412. The highest BCUT2D eigenvalue weighted by atomic mass is 19.2. The molecule has 0 radical (unpaired) electrons. The minimum Gasteiger partial charge on any atom is -0.303 e. The second-order valence-corrected chi connectivity index (χ2v) is 2.57. The highest BCUT2D eigenvalue weighted by Crippen LogP contribution is 2.16. The van der Waals surface area contributed by atoms with Gasteiger partial charge in [-0.3, -0.25) is 4.79 Å². The molecule has 72 valence electrons. The lowest BCUT2D eigenvalue weighted by Gasteiger charge is -2.12. The molecule has 0 N–H and O–H groups in total. The largest absolute Gasteiger partial charge is 0.329 e. The van der Waals surface area contributed by atoms with Crippen LogP contribution in [0, 0.1) is 23.0 Å². The molecule has 5 heteroatoms. The van der Waals surface area contributed by atoms with E-state index in [9.17, 15) is 13.6 Å². The maximum absolute atomic E-state index is 12.7. The van der Waals surface area contributed by atoms with Gasteiger partial charge in [0.05, 0.1) is 0 Å². The molecule has 0 saturated heterocycles. The Morgan fingerprint density at radius 1 is 1.43 bits per heavy atom. The predicted octanol–water partition coefficient (Wildman–Crippen LogP) is 1.45. The Hall–Kier alpha value is -1.96. The van der Waals surface area contributed by atoms with Gasteiger partial charge in [0.15, 0.2) is 17.7 Å². The van der Waals surface area contributed by atoms with Crippen LogP contribution in [-0.2, 0) is 4.79 Å². The van der Waals surface area contributed by atoms with Gasteiger partial charge in [-0.25, -0.2) is 8.78 Å². The second-order valence-electron chi connectivity index (χ2n) is 2.57. The van der Waals surface area contributed by atoms with Crippen LogP contribution in [0.2, 0.25) is 0 Å². The number of carbonyl (C=O) groups excluding carboxylic acids is 1. The first kappa shape index (κ1) is 10.1. The van der Waals surface area contributed by atoms with E-state index >= 15 is 0 Å². The summed E-state index contributed by atoms with van der Waals surface area (Å²) in [7, 11) is 1.30. The van der Waals surface area contributed by atoms with Gasteiger partial charge in [0.1, 0.15) is 0 Å². The quantitative estimate of drug-likeness (QED) is 0.638. The van der Waals surface area contributed by atoms with E-state index in [-0.39, 0.29) is 5.69 Å². The van der Waals surface area contributed by atoms with Crippen LogP contribution in [0.4, 0.5) is 14.5 Å². The summed E-state index contributed by atoms with van der Waals surface area (Å²) in [6, 6.07) is 4.33. The zero-order chi connectivity index (χ0) is 10.7. The molecular weight excluding hydrogens is 190 g/mol. The van der Waals surface area contributed by atoms with Gasteiger partial charge in [-0.15, -0.1) is 0 Å². The molecule has 1 rings (SSSR count). The summed E-state index contributed by atoms with van der Waals surface area (Å²) in [5.41, 5.74) is 0.135. The predicted molar refractivity (Wildman–Crippen MR) is 45.4 cm³/mol. The molecular formula is C9H6F2N2O. The summed E-state index contributed by atoms with van der Waals surface area (Å²) < 4.78 is 25.2. The SMILES string of the molecule is CN(C(=O)C#N)c1ccc(F)c(F)c1. The first-order valence-corrected chi connectivity index (χ1v) is 3.69. The molecule has 0 atom stereocenters. The van der Waals surface area contributed by atoms with Crippen molar-refractivity contribution in [2.45, 2.75) is 0 Å². The second kappa shape index (κ2) is 3.83. The maximum Gasteiger partial charge on any atom is 0.329 e. The molecule has 0 fully saturated rings. The zero-order valence-electron chi connectivity index (χ0n) is 7.29. The van der Waals surface area contributed by atoms with Gasteiger partial charge < -0.3 is 4.90 Å². The first-order chi connectivity index (χ1) is 6.56. The van der Waals surface area contributed by atoms with Gasteiger partial charge in [0.2, 0.25) is 0 Å². The van der Waals surface area contributed by atoms with Crippen molar-refractivity contribution in [3.05, 3.63) is 29.8 Å². The number of nitriles is 1.